The van der Waals surface area contributed by atoms with Crippen molar-refractivity contribution in [3.8, 4) is 0 Å². The van der Waals surface area contributed by atoms with Gasteiger partial charge >= 0.3 is 0 Å². The number of halogens is 1. The predicted molar refractivity (Wildman–Crippen MR) is 90.7 cm³/mol. The third kappa shape index (κ3) is 4.88. The van der Waals surface area contributed by atoms with Crippen molar-refractivity contribution in [1.29, 1.82) is 0 Å². The minimum atomic E-state index is -3.67. The van der Waals surface area contributed by atoms with Gasteiger partial charge in [-0.3, -0.25) is 0 Å². The summed E-state index contributed by atoms with van der Waals surface area (Å²) in [6.07, 6.45) is 1.69. The van der Waals surface area contributed by atoms with Crippen molar-refractivity contribution in [2.45, 2.75) is 41.6 Å². The van der Waals surface area contributed by atoms with Crippen molar-refractivity contribution in [3.05, 3.63) is 24.3 Å². The van der Waals surface area contributed by atoms with E-state index < -0.39 is 20.0 Å². The van der Waals surface area contributed by atoms with Gasteiger partial charge in [-0.25, -0.2) is 26.3 Å². The van der Waals surface area contributed by atoms with Crippen LogP contribution in [-0.2, 0) is 20.0 Å². The van der Waals surface area contributed by atoms with Gasteiger partial charge in [0.05, 0.1) is 9.79 Å². The van der Waals surface area contributed by atoms with Crippen molar-refractivity contribution in [2.75, 3.05) is 13.6 Å². The molecule has 132 valence electrons. The summed E-state index contributed by atoms with van der Waals surface area (Å²) in [4.78, 5) is 0.0852. The first-order valence-electron chi connectivity index (χ1n) is 7.05. The molecule has 0 amide bonds. The molecule has 2 atom stereocenters. The van der Waals surface area contributed by atoms with Crippen LogP contribution >= 0.6 is 12.4 Å². The molecule has 0 saturated carbocycles. The van der Waals surface area contributed by atoms with Crippen LogP contribution in [0.5, 0.6) is 0 Å². The predicted octanol–water partition coefficient (Wildman–Crippen LogP) is 0.435. The van der Waals surface area contributed by atoms with Gasteiger partial charge in [0, 0.05) is 12.1 Å². The molecule has 0 spiro atoms. The summed E-state index contributed by atoms with van der Waals surface area (Å²) in [5, 5.41) is 3.23. The first-order valence-corrected chi connectivity index (χ1v) is 10.0. The number of hydrogen-bond acceptors (Lipinski definition) is 5. The number of rotatable bonds is 5. The van der Waals surface area contributed by atoms with Gasteiger partial charge in [0.25, 0.3) is 0 Å². The molecule has 1 aliphatic rings. The topological polar surface area (TPSA) is 104 Å². The molecule has 1 fully saturated rings. The van der Waals surface area contributed by atoms with Crippen molar-refractivity contribution in [1.82, 2.24) is 14.8 Å². The molecule has 23 heavy (non-hydrogen) atoms. The lowest BCUT2D eigenvalue weighted by atomic mass is 10.0. The Hall–Kier alpha value is -0.710. The molecular formula is C13H22ClN3O4S2. The third-order valence-electron chi connectivity index (χ3n) is 3.78. The molecule has 10 heteroatoms. The van der Waals surface area contributed by atoms with Gasteiger partial charge in [-0.15, -0.1) is 12.4 Å². The van der Waals surface area contributed by atoms with Gasteiger partial charge in [0.2, 0.25) is 20.0 Å². The highest BCUT2D eigenvalue weighted by molar-refractivity contribution is 7.90. The van der Waals surface area contributed by atoms with Gasteiger partial charge in [-0.05, 0) is 57.6 Å². The van der Waals surface area contributed by atoms with E-state index in [2.05, 4.69) is 14.8 Å². The summed E-state index contributed by atoms with van der Waals surface area (Å²) in [6, 6.07) is 5.05. The minimum absolute atomic E-state index is 0. The highest BCUT2D eigenvalue weighted by Crippen LogP contribution is 2.17. The van der Waals surface area contributed by atoms with Gasteiger partial charge in [-0.1, -0.05) is 0 Å². The van der Waals surface area contributed by atoms with Crippen LogP contribution in [0.2, 0.25) is 0 Å². The number of sulfonamides is 2. The van der Waals surface area contributed by atoms with Crippen LogP contribution in [0, 0.1) is 0 Å². The molecule has 1 aromatic carbocycles. The Bertz CT molecular complexity index is 720. The molecule has 7 nitrogen and oxygen atoms in total. The number of hydrogen-bond donors (Lipinski definition) is 3. The Balaban J connectivity index is 0.00000264. The van der Waals surface area contributed by atoms with Crippen LogP contribution in [0.4, 0.5) is 0 Å². The smallest absolute Gasteiger partial charge is 0.240 e. The molecule has 2 rings (SSSR count). The quantitative estimate of drug-likeness (QED) is 0.684. The molecule has 1 aromatic rings. The lowest BCUT2D eigenvalue weighted by Gasteiger charge is -2.30. The molecule has 0 aromatic heterocycles. The first kappa shape index (κ1) is 20.3. The van der Waals surface area contributed by atoms with E-state index in [0.717, 1.165) is 19.4 Å². The van der Waals surface area contributed by atoms with Gasteiger partial charge < -0.3 is 5.32 Å². The minimum Gasteiger partial charge on any atom is -0.313 e. The van der Waals surface area contributed by atoms with E-state index in [1.165, 1.54) is 31.3 Å². The molecular weight excluding hydrogens is 362 g/mol. The van der Waals surface area contributed by atoms with E-state index >= 15 is 0 Å². The Morgan fingerprint density at radius 3 is 2.04 bits per heavy atom. The molecule has 0 aliphatic carbocycles. The standard InChI is InChI=1S/C13H21N3O4S2.ClH/c1-10-13(4-3-9-15-10)16-22(19,20)12-7-5-11(6-8-12)21(17,18)14-2;/h5-8,10,13-16H,3-4,9H2,1-2H3;1H. The fraction of sp³-hybridized carbons (Fsp3) is 0.538. The van der Waals surface area contributed by atoms with E-state index in [9.17, 15) is 16.8 Å². The average molecular weight is 384 g/mol. The third-order valence-corrected chi connectivity index (χ3v) is 6.72. The lowest BCUT2D eigenvalue weighted by molar-refractivity contribution is 0.349. The van der Waals surface area contributed by atoms with E-state index in [-0.39, 0.29) is 34.3 Å². The molecule has 1 heterocycles. The molecule has 1 aliphatic heterocycles. The van der Waals surface area contributed by atoms with Crippen molar-refractivity contribution in [2.24, 2.45) is 0 Å². The van der Waals surface area contributed by atoms with Gasteiger partial charge in [-0.2, -0.15) is 0 Å². The average Bonchev–Trinajstić information content (AvgIpc) is 2.49. The van der Waals surface area contributed by atoms with Crippen LogP contribution in [0.25, 0.3) is 0 Å². The molecule has 1 saturated heterocycles. The highest BCUT2D eigenvalue weighted by atomic mass is 35.5. The maximum atomic E-state index is 12.4. The second-order valence-electron chi connectivity index (χ2n) is 5.29. The lowest BCUT2D eigenvalue weighted by Crippen LogP contribution is -2.51. The zero-order chi connectivity index (χ0) is 16.4. The summed E-state index contributed by atoms with van der Waals surface area (Å²) in [7, 11) is -5.93. The fourth-order valence-corrected chi connectivity index (χ4v) is 4.47. The maximum Gasteiger partial charge on any atom is 0.240 e. The molecule has 3 N–H and O–H groups in total. The maximum absolute atomic E-state index is 12.4. The monoisotopic (exact) mass is 383 g/mol. The Morgan fingerprint density at radius 1 is 1.04 bits per heavy atom. The summed E-state index contributed by atoms with van der Waals surface area (Å²) < 4.78 is 52.9. The second-order valence-corrected chi connectivity index (χ2v) is 8.89. The fourth-order valence-electron chi connectivity index (χ4n) is 2.39. The summed E-state index contributed by atoms with van der Waals surface area (Å²) in [5.74, 6) is 0. The van der Waals surface area contributed by atoms with Gasteiger partial charge in [0.15, 0.2) is 0 Å². The van der Waals surface area contributed by atoms with Crippen LogP contribution < -0.4 is 14.8 Å². The van der Waals surface area contributed by atoms with Crippen molar-refractivity contribution in [3.63, 3.8) is 0 Å². The van der Waals surface area contributed by atoms with Crippen LogP contribution in [0.1, 0.15) is 19.8 Å². The SMILES string of the molecule is CNS(=O)(=O)c1ccc(S(=O)(=O)NC2CCCNC2C)cc1.Cl. The second kappa shape index (κ2) is 7.91. The Kier molecular flexibility index (Phi) is 6.99. The van der Waals surface area contributed by atoms with E-state index in [0.29, 0.717) is 0 Å². The number of nitrogens with one attached hydrogen (secondary N) is 3. The molecule has 0 radical (unpaired) electrons. The van der Waals surface area contributed by atoms with Crippen molar-refractivity contribution >= 4 is 32.5 Å². The van der Waals surface area contributed by atoms with Crippen molar-refractivity contribution < 1.29 is 16.8 Å². The van der Waals surface area contributed by atoms with E-state index in [1.54, 1.807) is 0 Å². The zero-order valence-corrected chi connectivity index (χ0v) is 15.4. The van der Waals surface area contributed by atoms with Gasteiger partial charge in [0.1, 0.15) is 0 Å². The number of benzene rings is 1. The summed E-state index contributed by atoms with van der Waals surface area (Å²) in [5.41, 5.74) is 0. The highest BCUT2D eigenvalue weighted by Gasteiger charge is 2.26. The normalized spacial score (nSPS) is 22.3. The molecule has 0 bridgehead atoms. The zero-order valence-electron chi connectivity index (χ0n) is 12.9. The largest absolute Gasteiger partial charge is 0.313 e. The molecule has 2 unspecified atom stereocenters. The Morgan fingerprint density at radius 2 is 1.57 bits per heavy atom. The summed E-state index contributed by atoms with van der Waals surface area (Å²) >= 11 is 0. The van der Waals surface area contributed by atoms with E-state index in [4.69, 9.17) is 0 Å². The van der Waals surface area contributed by atoms with E-state index in [1.807, 2.05) is 6.92 Å². The number of piperidine rings is 1. The Labute approximate surface area is 143 Å². The van der Waals surface area contributed by atoms with Crippen LogP contribution in [0.15, 0.2) is 34.1 Å². The first-order chi connectivity index (χ1) is 10.3. The van der Waals surface area contributed by atoms with Crippen LogP contribution in [-0.4, -0.2) is 42.5 Å². The van der Waals surface area contributed by atoms with Crippen LogP contribution in [0.3, 0.4) is 0 Å². The summed E-state index contributed by atoms with van der Waals surface area (Å²) in [6.45, 7) is 2.82.